The van der Waals surface area contributed by atoms with Gasteiger partial charge in [0.05, 0.1) is 15.5 Å². The number of halogens is 2. The summed E-state index contributed by atoms with van der Waals surface area (Å²) in [5, 5.41) is 0.731. The van der Waals surface area contributed by atoms with Crippen molar-refractivity contribution in [3.05, 3.63) is 29.0 Å². The van der Waals surface area contributed by atoms with Gasteiger partial charge in [-0.1, -0.05) is 34.2 Å². The third-order valence-electron chi connectivity index (χ3n) is 1.62. The van der Waals surface area contributed by atoms with Crippen LogP contribution in [-0.2, 0) is 4.43 Å². The highest BCUT2D eigenvalue weighted by molar-refractivity contribution is 14.1. The van der Waals surface area contributed by atoms with E-state index < -0.39 is 0 Å². The second kappa shape index (κ2) is 3.22. The monoisotopic (exact) mass is 292 g/mol. The van der Waals surface area contributed by atoms with E-state index in [-0.39, 0.29) is 0 Å². The van der Waals surface area contributed by atoms with Crippen LogP contribution in [0.25, 0.3) is 11.0 Å². The number of nitrogens with one attached hydrogen (secondary N) is 1. The maximum atomic E-state index is 5.82. The number of hydrogen-bond donors (Lipinski definition) is 1. The Morgan fingerprint density at radius 3 is 3.08 bits per heavy atom. The molecule has 12 heavy (non-hydrogen) atoms. The fourth-order valence-corrected chi connectivity index (χ4v) is 1.62. The summed E-state index contributed by atoms with van der Waals surface area (Å²) >= 11 is 8.09. The average molecular weight is 293 g/mol. The van der Waals surface area contributed by atoms with Crippen LogP contribution in [0.15, 0.2) is 18.2 Å². The Hall–Kier alpha value is -0.290. The van der Waals surface area contributed by atoms with Gasteiger partial charge in [-0.3, -0.25) is 0 Å². The van der Waals surface area contributed by atoms with Gasteiger partial charge in [-0.05, 0) is 18.2 Å². The van der Waals surface area contributed by atoms with Crippen LogP contribution in [0, 0.1) is 0 Å². The van der Waals surface area contributed by atoms with Crippen LogP contribution >= 0.6 is 34.2 Å². The molecule has 1 heterocycles. The minimum Gasteiger partial charge on any atom is -0.341 e. The van der Waals surface area contributed by atoms with Gasteiger partial charge in [0, 0.05) is 5.02 Å². The van der Waals surface area contributed by atoms with Crippen molar-refractivity contribution in [2.75, 3.05) is 0 Å². The lowest BCUT2D eigenvalue weighted by molar-refractivity contribution is 1.16. The molecule has 2 nitrogen and oxygen atoms in total. The molecule has 0 aliphatic heterocycles. The number of H-pyrrole nitrogens is 1. The lowest BCUT2D eigenvalue weighted by atomic mass is 10.3. The number of benzene rings is 1. The first kappa shape index (κ1) is 8.31. The Morgan fingerprint density at radius 2 is 2.33 bits per heavy atom. The van der Waals surface area contributed by atoms with Gasteiger partial charge in [-0.15, -0.1) is 0 Å². The fraction of sp³-hybridized carbons (Fsp3) is 0.125. The van der Waals surface area contributed by atoms with E-state index in [0.29, 0.717) is 0 Å². The van der Waals surface area contributed by atoms with Crippen molar-refractivity contribution in [3.63, 3.8) is 0 Å². The van der Waals surface area contributed by atoms with Crippen molar-refractivity contribution in [1.29, 1.82) is 0 Å². The summed E-state index contributed by atoms with van der Waals surface area (Å²) in [6.45, 7) is 0. The topological polar surface area (TPSA) is 28.7 Å². The number of rotatable bonds is 1. The normalized spacial score (nSPS) is 10.8. The number of hydrogen-bond acceptors (Lipinski definition) is 1. The number of fused-ring (bicyclic) bond motifs is 1. The number of imidazole rings is 1. The molecule has 0 saturated carbocycles. The second-order valence-electron chi connectivity index (χ2n) is 2.48. The van der Waals surface area contributed by atoms with Gasteiger partial charge in [-0.2, -0.15) is 0 Å². The summed E-state index contributed by atoms with van der Waals surface area (Å²) < 4.78 is 0.893. The van der Waals surface area contributed by atoms with Gasteiger partial charge in [0.15, 0.2) is 0 Å². The molecule has 2 aromatic rings. The zero-order valence-electron chi connectivity index (χ0n) is 6.14. The van der Waals surface area contributed by atoms with E-state index >= 15 is 0 Å². The van der Waals surface area contributed by atoms with Gasteiger partial charge in [0.2, 0.25) is 0 Å². The molecule has 4 heteroatoms. The summed E-state index contributed by atoms with van der Waals surface area (Å²) in [7, 11) is 0. The van der Waals surface area contributed by atoms with Crippen LogP contribution in [-0.4, -0.2) is 9.97 Å². The zero-order valence-corrected chi connectivity index (χ0v) is 9.06. The Morgan fingerprint density at radius 1 is 1.50 bits per heavy atom. The van der Waals surface area contributed by atoms with Crippen molar-refractivity contribution >= 4 is 45.2 Å². The van der Waals surface area contributed by atoms with Crippen molar-refractivity contribution in [3.8, 4) is 0 Å². The first-order chi connectivity index (χ1) is 5.79. The van der Waals surface area contributed by atoms with Crippen LogP contribution in [0.3, 0.4) is 0 Å². The highest BCUT2D eigenvalue weighted by Crippen LogP contribution is 2.17. The molecule has 1 aromatic heterocycles. The number of aromatic amines is 1. The molecule has 0 amide bonds. The van der Waals surface area contributed by atoms with Crippen LogP contribution < -0.4 is 0 Å². The molecule has 1 N–H and O–H groups in total. The summed E-state index contributed by atoms with van der Waals surface area (Å²) in [5.74, 6) is 0.993. The molecule has 0 aliphatic rings. The van der Waals surface area contributed by atoms with Crippen LogP contribution in [0.4, 0.5) is 0 Å². The standard InChI is InChI=1S/C8H6ClIN2/c9-5-1-2-6-7(3-5)12-8(4-10)11-6/h1-3H,4H2,(H,11,12). The average Bonchev–Trinajstić information content (AvgIpc) is 2.46. The SMILES string of the molecule is Clc1ccc2[nH]c(CI)nc2c1. The lowest BCUT2D eigenvalue weighted by Crippen LogP contribution is -1.76. The summed E-state index contributed by atoms with van der Waals surface area (Å²) in [6.07, 6.45) is 0. The minimum absolute atomic E-state index is 0.731. The van der Waals surface area contributed by atoms with Gasteiger partial charge < -0.3 is 4.98 Å². The molecule has 0 aliphatic carbocycles. The molecular weight excluding hydrogens is 286 g/mol. The Balaban J connectivity index is 2.67. The van der Waals surface area contributed by atoms with Crippen molar-refractivity contribution < 1.29 is 0 Å². The molecule has 62 valence electrons. The first-order valence-corrected chi connectivity index (χ1v) is 5.40. The summed E-state index contributed by atoms with van der Waals surface area (Å²) in [5.41, 5.74) is 1.99. The molecule has 0 bridgehead atoms. The molecule has 2 rings (SSSR count). The van der Waals surface area contributed by atoms with Crippen molar-refractivity contribution in [1.82, 2.24) is 9.97 Å². The predicted molar refractivity (Wildman–Crippen MR) is 58.8 cm³/mol. The highest BCUT2D eigenvalue weighted by Gasteiger charge is 2.00. The molecule has 0 radical (unpaired) electrons. The van der Waals surface area contributed by atoms with Crippen LogP contribution in [0.1, 0.15) is 5.82 Å². The van der Waals surface area contributed by atoms with E-state index in [1.807, 2.05) is 18.2 Å². The van der Waals surface area contributed by atoms with Crippen molar-refractivity contribution in [2.24, 2.45) is 0 Å². The predicted octanol–water partition coefficient (Wildman–Crippen LogP) is 3.15. The Bertz CT molecular complexity index is 410. The third-order valence-corrected chi connectivity index (χ3v) is 2.58. The van der Waals surface area contributed by atoms with E-state index in [0.717, 1.165) is 26.3 Å². The smallest absolute Gasteiger partial charge is 0.117 e. The number of alkyl halides is 1. The van der Waals surface area contributed by atoms with E-state index in [4.69, 9.17) is 11.6 Å². The third kappa shape index (κ3) is 1.43. The first-order valence-electron chi connectivity index (χ1n) is 3.50. The lowest BCUT2D eigenvalue weighted by Gasteiger charge is -1.87. The minimum atomic E-state index is 0.731. The van der Waals surface area contributed by atoms with Gasteiger partial charge in [0.1, 0.15) is 5.82 Å². The molecule has 1 aromatic carbocycles. The fourth-order valence-electron chi connectivity index (χ4n) is 1.10. The van der Waals surface area contributed by atoms with Gasteiger partial charge >= 0.3 is 0 Å². The van der Waals surface area contributed by atoms with E-state index in [9.17, 15) is 0 Å². The summed E-state index contributed by atoms with van der Waals surface area (Å²) in [6, 6.07) is 5.67. The Kier molecular flexibility index (Phi) is 2.23. The van der Waals surface area contributed by atoms with Crippen LogP contribution in [0.5, 0.6) is 0 Å². The van der Waals surface area contributed by atoms with E-state index in [2.05, 4.69) is 32.6 Å². The number of aromatic nitrogens is 2. The zero-order chi connectivity index (χ0) is 8.55. The van der Waals surface area contributed by atoms with E-state index in [1.165, 1.54) is 0 Å². The molecule has 0 fully saturated rings. The van der Waals surface area contributed by atoms with E-state index in [1.54, 1.807) is 0 Å². The molecule has 0 saturated heterocycles. The highest BCUT2D eigenvalue weighted by atomic mass is 127. The maximum absolute atomic E-state index is 5.82. The maximum Gasteiger partial charge on any atom is 0.117 e. The van der Waals surface area contributed by atoms with Crippen LogP contribution in [0.2, 0.25) is 5.02 Å². The molecular formula is C8H6ClIN2. The molecule has 0 unspecified atom stereocenters. The quantitative estimate of drug-likeness (QED) is 0.635. The summed E-state index contributed by atoms with van der Waals surface area (Å²) in [4.78, 5) is 7.54. The van der Waals surface area contributed by atoms with Gasteiger partial charge in [0.25, 0.3) is 0 Å². The largest absolute Gasteiger partial charge is 0.341 e. The molecule has 0 atom stereocenters. The molecule has 0 spiro atoms. The van der Waals surface area contributed by atoms with Gasteiger partial charge in [-0.25, -0.2) is 4.98 Å². The Labute approximate surface area is 88.5 Å². The van der Waals surface area contributed by atoms with Crippen molar-refractivity contribution in [2.45, 2.75) is 4.43 Å². The second-order valence-corrected chi connectivity index (χ2v) is 3.68. The number of nitrogens with zero attached hydrogens (tertiary/aromatic N) is 1.